The van der Waals surface area contributed by atoms with Gasteiger partial charge in [-0.05, 0) is 17.7 Å². The quantitative estimate of drug-likeness (QED) is 0.492. The Morgan fingerprint density at radius 2 is 2.00 bits per heavy atom. The van der Waals surface area contributed by atoms with E-state index >= 15 is 0 Å². The molecule has 1 aromatic carbocycles. The summed E-state index contributed by atoms with van der Waals surface area (Å²) in [7, 11) is 0. The molecule has 0 aliphatic heterocycles. The molecule has 0 saturated carbocycles. The largest absolute Gasteiger partial charge is 0.821 e. The van der Waals surface area contributed by atoms with Gasteiger partial charge in [0.1, 0.15) is 0 Å². The standard InChI is InChI=1S/C11H9O2/c1-2-9-3-5-10(6-4-9)7-8-11(12)13/h2-6,11-12H,1H2/q-1. The second-order valence-electron chi connectivity index (χ2n) is 2.45. The van der Waals surface area contributed by atoms with Crippen LogP contribution in [0.2, 0.25) is 0 Å². The van der Waals surface area contributed by atoms with Gasteiger partial charge >= 0.3 is 0 Å². The minimum atomic E-state index is -1.82. The lowest BCUT2D eigenvalue weighted by Crippen LogP contribution is -2.21. The summed E-state index contributed by atoms with van der Waals surface area (Å²) in [6, 6.07) is 7.22. The third-order valence-corrected chi connectivity index (χ3v) is 1.49. The molecule has 0 heterocycles. The SMILES string of the molecule is C=Cc1ccc(C#CC([O-])O)cc1. The number of hydrogen-bond acceptors (Lipinski definition) is 2. The topological polar surface area (TPSA) is 43.3 Å². The fraction of sp³-hybridized carbons (Fsp3) is 0.0909. The molecule has 1 rings (SSSR count). The van der Waals surface area contributed by atoms with Crippen LogP contribution in [-0.2, 0) is 0 Å². The fourth-order valence-corrected chi connectivity index (χ4v) is 0.848. The summed E-state index contributed by atoms with van der Waals surface area (Å²) in [6.45, 7) is 3.61. The third-order valence-electron chi connectivity index (χ3n) is 1.49. The van der Waals surface area contributed by atoms with E-state index in [4.69, 9.17) is 5.11 Å². The highest BCUT2D eigenvalue weighted by Crippen LogP contribution is 2.03. The first-order valence-corrected chi connectivity index (χ1v) is 3.80. The molecule has 2 heteroatoms. The lowest BCUT2D eigenvalue weighted by atomic mass is 10.1. The van der Waals surface area contributed by atoms with Crippen molar-refractivity contribution >= 4 is 6.08 Å². The normalized spacial score (nSPS) is 11.2. The number of hydrogen-bond donors (Lipinski definition) is 1. The molecule has 1 N–H and O–H groups in total. The van der Waals surface area contributed by atoms with E-state index in [-0.39, 0.29) is 0 Å². The Labute approximate surface area is 77.2 Å². The molecule has 0 saturated heterocycles. The molecule has 0 spiro atoms. The van der Waals surface area contributed by atoms with Gasteiger partial charge in [-0.2, -0.15) is 0 Å². The second kappa shape index (κ2) is 4.46. The van der Waals surface area contributed by atoms with Crippen LogP contribution in [0.3, 0.4) is 0 Å². The van der Waals surface area contributed by atoms with Crippen LogP contribution in [0.4, 0.5) is 0 Å². The van der Waals surface area contributed by atoms with Crippen LogP contribution in [0.1, 0.15) is 11.1 Å². The van der Waals surface area contributed by atoms with E-state index in [1.165, 1.54) is 0 Å². The van der Waals surface area contributed by atoms with Crippen LogP contribution in [0, 0.1) is 11.8 Å². The highest BCUT2D eigenvalue weighted by atomic mass is 16.5. The number of rotatable bonds is 1. The summed E-state index contributed by atoms with van der Waals surface area (Å²) in [5, 5.41) is 18.6. The van der Waals surface area contributed by atoms with Gasteiger partial charge in [0, 0.05) is 11.9 Å². The summed E-state index contributed by atoms with van der Waals surface area (Å²) in [6.07, 6.45) is -0.0984. The van der Waals surface area contributed by atoms with Crippen molar-refractivity contribution in [3.8, 4) is 11.8 Å². The zero-order valence-corrected chi connectivity index (χ0v) is 7.03. The van der Waals surface area contributed by atoms with Crippen molar-refractivity contribution in [2.24, 2.45) is 0 Å². The van der Waals surface area contributed by atoms with Gasteiger partial charge in [0.25, 0.3) is 0 Å². The van der Waals surface area contributed by atoms with Crippen molar-refractivity contribution < 1.29 is 10.2 Å². The lowest BCUT2D eigenvalue weighted by Gasteiger charge is -2.02. The molecule has 66 valence electrons. The third kappa shape index (κ3) is 3.12. The minimum Gasteiger partial charge on any atom is -0.821 e. The van der Waals surface area contributed by atoms with Crippen LogP contribution in [0.5, 0.6) is 0 Å². The predicted molar refractivity (Wildman–Crippen MR) is 49.4 cm³/mol. The number of aliphatic hydroxyl groups excluding tert-OH is 1. The smallest absolute Gasteiger partial charge is 0.0427 e. The summed E-state index contributed by atoms with van der Waals surface area (Å²) in [5.41, 5.74) is 1.70. The summed E-state index contributed by atoms with van der Waals surface area (Å²) >= 11 is 0. The molecule has 0 aliphatic carbocycles. The first-order chi connectivity index (χ1) is 6.22. The minimum absolute atomic E-state index is 0.709. The zero-order chi connectivity index (χ0) is 9.68. The average Bonchev–Trinajstić information content (AvgIpc) is 2.15. The molecule has 0 amide bonds. The first kappa shape index (κ1) is 9.53. The zero-order valence-electron chi connectivity index (χ0n) is 7.03. The second-order valence-corrected chi connectivity index (χ2v) is 2.45. The molecule has 0 bridgehead atoms. The molecular weight excluding hydrogens is 164 g/mol. The van der Waals surface area contributed by atoms with E-state index in [2.05, 4.69) is 18.4 Å². The van der Waals surface area contributed by atoms with Crippen molar-refractivity contribution in [3.63, 3.8) is 0 Å². The molecule has 13 heavy (non-hydrogen) atoms. The molecule has 1 atom stereocenters. The van der Waals surface area contributed by atoms with Gasteiger partial charge in [-0.1, -0.05) is 36.6 Å². The van der Waals surface area contributed by atoms with E-state index in [0.29, 0.717) is 5.56 Å². The van der Waals surface area contributed by atoms with Crippen LogP contribution in [0.25, 0.3) is 6.08 Å². The maximum absolute atomic E-state index is 10.2. The molecule has 0 fully saturated rings. The van der Waals surface area contributed by atoms with Crippen LogP contribution in [-0.4, -0.2) is 11.4 Å². The highest BCUT2D eigenvalue weighted by Gasteiger charge is 1.86. The Morgan fingerprint density at radius 1 is 1.38 bits per heavy atom. The Balaban J connectivity index is 2.82. The highest BCUT2D eigenvalue weighted by molar-refractivity contribution is 5.49. The molecular formula is C11H9O2-. The van der Waals surface area contributed by atoms with Crippen LogP contribution in [0.15, 0.2) is 30.8 Å². The van der Waals surface area contributed by atoms with E-state index < -0.39 is 6.29 Å². The van der Waals surface area contributed by atoms with E-state index in [9.17, 15) is 5.11 Å². The van der Waals surface area contributed by atoms with Gasteiger partial charge in [-0.3, -0.25) is 0 Å². The van der Waals surface area contributed by atoms with Crippen molar-refractivity contribution in [3.05, 3.63) is 42.0 Å². The monoisotopic (exact) mass is 173 g/mol. The van der Waals surface area contributed by atoms with Crippen molar-refractivity contribution in [1.29, 1.82) is 0 Å². The summed E-state index contributed by atoms with van der Waals surface area (Å²) in [4.78, 5) is 0. The van der Waals surface area contributed by atoms with Crippen molar-refractivity contribution in [2.75, 3.05) is 0 Å². The van der Waals surface area contributed by atoms with Gasteiger partial charge in [-0.15, -0.1) is 0 Å². The first-order valence-electron chi connectivity index (χ1n) is 3.80. The Morgan fingerprint density at radius 3 is 2.46 bits per heavy atom. The maximum Gasteiger partial charge on any atom is 0.0427 e. The van der Waals surface area contributed by atoms with Crippen molar-refractivity contribution in [2.45, 2.75) is 6.29 Å². The summed E-state index contributed by atoms with van der Waals surface area (Å²) < 4.78 is 0. The van der Waals surface area contributed by atoms with Gasteiger partial charge < -0.3 is 10.2 Å². The number of benzene rings is 1. The molecule has 1 unspecified atom stereocenters. The summed E-state index contributed by atoms with van der Waals surface area (Å²) in [5.74, 6) is 4.67. The average molecular weight is 173 g/mol. The van der Waals surface area contributed by atoms with Gasteiger partial charge in [0.15, 0.2) is 0 Å². The predicted octanol–water partition coefficient (Wildman–Crippen LogP) is 0.360. The van der Waals surface area contributed by atoms with Gasteiger partial charge in [0.05, 0.1) is 0 Å². The fourth-order valence-electron chi connectivity index (χ4n) is 0.848. The van der Waals surface area contributed by atoms with Gasteiger partial charge in [-0.25, -0.2) is 0 Å². The molecule has 0 aliphatic rings. The molecule has 0 aromatic heterocycles. The molecule has 1 aromatic rings. The van der Waals surface area contributed by atoms with E-state index in [1.807, 2.05) is 12.1 Å². The molecule has 2 nitrogen and oxygen atoms in total. The Hall–Kier alpha value is -1.56. The van der Waals surface area contributed by atoms with E-state index in [0.717, 1.165) is 5.56 Å². The van der Waals surface area contributed by atoms with Crippen LogP contribution >= 0.6 is 0 Å². The molecule has 0 radical (unpaired) electrons. The maximum atomic E-state index is 10.2. The number of aliphatic hydroxyl groups is 1. The lowest BCUT2D eigenvalue weighted by molar-refractivity contribution is -0.459. The van der Waals surface area contributed by atoms with Crippen molar-refractivity contribution in [1.82, 2.24) is 0 Å². The Bertz CT molecular complexity index is 339. The van der Waals surface area contributed by atoms with Crippen LogP contribution < -0.4 is 5.11 Å². The van der Waals surface area contributed by atoms with Gasteiger partial charge in [0.2, 0.25) is 0 Å². The van der Waals surface area contributed by atoms with E-state index in [1.54, 1.807) is 18.2 Å². The Kier molecular flexibility index (Phi) is 3.27.